The first-order valence-corrected chi connectivity index (χ1v) is 16.3. The lowest BCUT2D eigenvalue weighted by Crippen LogP contribution is -2.69. The molecule has 7 rings (SSSR count). The Morgan fingerprint density at radius 2 is 1.83 bits per heavy atom. The van der Waals surface area contributed by atoms with Crippen LogP contribution in [0.5, 0.6) is 28.7 Å². The Morgan fingerprint density at radius 1 is 1.09 bits per heavy atom. The highest BCUT2D eigenvalue weighted by Crippen LogP contribution is 2.63. The molecule has 13 nitrogen and oxygen atoms in total. The fourth-order valence-corrected chi connectivity index (χ4v) is 9.63. The number of rotatable bonds is 3. The molecule has 1 amide bonds. The smallest absolute Gasteiger partial charge is 0.329 e. The van der Waals surface area contributed by atoms with Crippen LogP contribution in [0.2, 0.25) is 0 Å². The minimum atomic E-state index is -1.02. The number of nitrogens with zero attached hydrogens (tertiary/aromatic N) is 2. The van der Waals surface area contributed by atoms with Crippen molar-refractivity contribution < 1.29 is 48.3 Å². The Bertz CT molecular complexity index is 1670. The van der Waals surface area contributed by atoms with E-state index in [0.29, 0.717) is 51.7 Å². The van der Waals surface area contributed by atoms with Gasteiger partial charge in [-0.15, -0.1) is 11.8 Å². The van der Waals surface area contributed by atoms with E-state index in [4.69, 9.17) is 23.7 Å². The molecule has 5 aliphatic heterocycles. The number of thioether (sulfide) groups is 1. The quantitative estimate of drug-likeness (QED) is 0.327. The largest absolute Gasteiger partial charge is 0.504 e. The molecule has 3 N–H and O–H groups in total. The van der Waals surface area contributed by atoms with E-state index in [9.17, 15) is 24.6 Å². The molecule has 2 aromatic carbocycles. The van der Waals surface area contributed by atoms with Crippen molar-refractivity contribution in [3.8, 4) is 28.7 Å². The molecule has 4 bridgehead atoms. The summed E-state index contributed by atoms with van der Waals surface area (Å²) in [7, 11) is 3.45. The lowest BCUT2D eigenvalue weighted by atomic mass is 9.73. The molecule has 46 heavy (non-hydrogen) atoms. The number of cyclic esters (lactones) is 1. The Labute approximate surface area is 270 Å². The number of fused-ring (bicyclic) bond motifs is 9. The zero-order valence-corrected chi connectivity index (χ0v) is 27.2. The van der Waals surface area contributed by atoms with Crippen LogP contribution in [0.3, 0.4) is 0 Å². The predicted octanol–water partition coefficient (Wildman–Crippen LogP) is 2.16. The van der Waals surface area contributed by atoms with E-state index in [2.05, 4.69) is 10.2 Å². The standard InChI is InChI=1S/C32H37N3O10S/c1-12-7-16-8-18-31(39)35-19-9-42-32(40)17(33-14(3)36)10-46-30(24(35)23(34(18)5)20(16)25(38)26(12)41-6)22-21(19)29-28(43-11-44-29)13(2)27(22)45-15(4)37/h7,17-19,23-24,30-31,38-39H,8-11H2,1-6H3,(H,33,36)/t17-,18-,19-,23+,24+,30+,31-/m0/s1. The second-order valence-electron chi connectivity index (χ2n) is 12.5. The van der Waals surface area contributed by atoms with Crippen molar-refractivity contribution in [2.45, 2.75) is 75.8 Å². The molecular formula is C32H37N3O10S. The van der Waals surface area contributed by atoms with Gasteiger partial charge in [0.2, 0.25) is 12.7 Å². The number of phenolic OH excluding ortho intramolecular Hbond substituents is 1. The normalized spacial score (nSPS) is 29.6. The van der Waals surface area contributed by atoms with Gasteiger partial charge in [0.1, 0.15) is 24.6 Å². The third-order valence-electron chi connectivity index (χ3n) is 9.87. The van der Waals surface area contributed by atoms with Gasteiger partial charge < -0.3 is 39.2 Å². The van der Waals surface area contributed by atoms with Gasteiger partial charge in [-0.2, -0.15) is 0 Å². The molecule has 0 aromatic heterocycles. The Morgan fingerprint density at radius 3 is 2.52 bits per heavy atom. The zero-order chi connectivity index (χ0) is 32.8. The molecular weight excluding hydrogens is 618 g/mol. The fourth-order valence-electron chi connectivity index (χ4n) is 8.12. The monoisotopic (exact) mass is 655 g/mol. The topological polar surface area (TPSA) is 156 Å². The lowest BCUT2D eigenvalue weighted by molar-refractivity contribution is -0.184. The van der Waals surface area contributed by atoms with Crippen molar-refractivity contribution in [3.05, 3.63) is 39.4 Å². The number of nitrogens with one attached hydrogen (secondary N) is 1. The molecule has 0 spiro atoms. The van der Waals surface area contributed by atoms with Gasteiger partial charge in [0.05, 0.1) is 30.5 Å². The molecule has 2 saturated heterocycles. The van der Waals surface area contributed by atoms with Gasteiger partial charge in [-0.05, 0) is 38.4 Å². The molecule has 0 radical (unpaired) electrons. The Hall–Kier alpha value is -3.72. The van der Waals surface area contributed by atoms with E-state index in [1.165, 1.54) is 32.7 Å². The summed E-state index contributed by atoms with van der Waals surface area (Å²) in [4.78, 5) is 42.1. The molecule has 0 saturated carbocycles. The third-order valence-corrected chi connectivity index (χ3v) is 11.3. The summed E-state index contributed by atoms with van der Waals surface area (Å²) in [5.41, 5.74) is 4.24. The second-order valence-corrected chi connectivity index (χ2v) is 13.6. The number of likely N-dealkylation sites (N-methyl/N-ethyl adjacent to an activating group) is 1. The molecule has 0 aliphatic carbocycles. The predicted molar refractivity (Wildman–Crippen MR) is 164 cm³/mol. The number of amides is 1. The van der Waals surface area contributed by atoms with Crippen molar-refractivity contribution >= 4 is 29.6 Å². The molecule has 5 heterocycles. The van der Waals surface area contributed by atoms with E-state index in [1.807, 2.05) is 24.9 Å². The van der Waals surface area contributed by atoms with Crippen LogP contribution in [0.15, 0.2) is 6.07 Å². The van der Waals surface area contributed by atoms with Crippen LogP contribution in [0.25, 0.3) is 0 Å². The average Bonchev–Trinajstić information content (AvgIpc) is 3.48. The van der Waals surface area contributed by atoms with Crippen LogP contribution in [0.1, 0.15) is 64.6 Å². The number of aliphatic hydroxyl groups is 1. The summed E-state index contributed by atoms with van der Waals surface area (Å²) in [6.45, 7) is 6.10. The zero-order valence-electron chi connectivity index (χ0n) is 26.4. The van der Waals surface area contributed by atoms with Crippen LogP contribution in [-0.2, 0) is 25.5 Å². The van der Waals surface area contributed by atoms with Gasteiger partial charge >= 0.3 is 11.9 Å². The number of methoxy groups -OCH3 is 1. The highest BCUT2D eigenvalue weighted by atomic mass is 32.2. The van der Waals surface area contributed by atoms with Gasteiger partial charge in [0, 0.05) is 47.9 Å². The number of hydrogen-bond acceptors (Lipinski definition) is 13. The molecule has 14 heteroatoms. The van der Waals surface area contributed by atoms with Crippen LogP contribution in [-0.4, -0.2) is 95.5 Å². The summed E-state index contributed by atoms with van der Waals surface area (Å²) in [5, 5.41) is 26.2. The van der Waals surface area contributed by atoms with E-state index in [0.717, 1.165) is 11.1 Å². The second kappa shape index (κ2) is 11.2. The van der Waals surface area contributed by atoms with Crippen LogP contribution in [0, 0.1) is 13.8 Å². The third kappa shape index (κ3) is 4.44. The molecule has 7 atom stereocenters. The van der Waals surface area contributed by atoms with E-state index in [-0.39, 0.29) is 36.9 Å². The lowest BCUT2D eigenvalue weighted by Gasteiger charge is -2.62. The first kappa shape index (κ1) is 30.9. The molecule has 2 fully saturated rings. The first-order valence-electron chi connectivity index (χ1n) is 15.2. The van der Waals surface area contributed by atoms with Gasteiger partial charge in [0.15, 0.2) is 23.0 Å². The number of carbonyl (C=O) groups excluding carboxylic acids is 3. The SMILES string of the molecule is COc1c(C)cc2c(c1O)[C@@H]1[C@@H]3[C@@H]4SC[C@H](NC(C)=O)C(=O)OC[C@@H](c5c6c(c(C)c(OC(C)=O)c54)OCO6)N3[C@@H](O)[C@H](C2)N1C. The summed E-state index contributed by atoms with van der Waals surface area (Å²) in [6.07, 6.45) is -0.567. The average molecular weight is 656 g/mol. The van der Waals surface area contributed by atoms with Crippen molar-refractivity contribution in [1.29, 1.82) is 0 Å². The summed E-state index contributed by atoms with van der Waals surface area (Å²) in [5.74, 6) is 0.223. The fraction of sp³-hybridized carbons (Fsp3) is 0.531. The van der Waals surface area contributed by atoms with Crippen molar-refractivity contribution in [1.82, 2.24) is 15.1 Å². The van der Waals surface area contributed by atoms with Crippen molar-refractivity contribution in [2.24, 2.45) is 0 Å². The highest BCUT2D eigenvalue weighted by molar-refractivity contribution is 7.99. The van der Waals surface area contributed by atoms with Crippen molar-refractivity contribution in [3.63, 3.8) is 0 Å². The maximum Gasteiger partial charge on any atom is 0.329 e. The van der Waals surface area contributed by atoms with Crippen LogP contribution in [0.4, 0.5) is 0 Å². The van der Waals surface area contributed by atoms with Gasteiger partial charge in [-0.3, -0.25) is 19.4 Å². The maximum atomic E-state index is 13.3. The Balaban J connectivity index is 1.52. The van der Waals surface area contributed by atoms with Crippen molar-refractivity contribution in [2.75, 3.05) is 33.3 Å². The number of piperazine rings is 1. The summed E-state index contributed by atoms with van der Waals surface area (Å²) in [6, 6.07) is -1.08. The Kier molecular flexibility index (Phi) is 7.54. The number of aliphatic hydroxyl groups excluding tert-OH is 1. The number of carbonyl (C=O) groups is 3. The number of benzene rings is 2. The minimum Gasteiger partial charge on any atom is -0.504 e. The van der Waals surface area contributed by atoms with E-state index < -0.39 is 47.6 Å². The number of aryl methyl sites for hydroxylation is 1. The van der Waals surface area contributed by atoms with Crippen LogP contribution >= 0.6 is 11.8 Å². The first-order chi connectivity index (χ1) is 21.9. The van der Waals surface area contributed by atoms with Gasteiger partial charge in [-0.25, -0.2) is 4.79 Å². The molecule has 2 aromatic rings. The summed E-state index contributed by atoms with van der Waals surface area (Å²) >= 11 is 1.38. The number of phenols is 1. The molecule has 5 aliphatic rings. The highest BCUT2D eigenvalue weighted by Gasteiger charge is 2.60. The van der Waals surface area contributed by atoms with Gasteiger partial charge in [-0.1, -0.05) is 6.07 Å². The van der Waals surface area contributed by atoms with E-state index in [1.54, 1.807) is 6.92 Å². The van der Waals surface area contributed by atoms with E-state index >= 15 is 0 Å². The number of hydrogen-bond donors (Lipinski definition) is 3. The summed E-state index contributed by atoms with van der Waals surface area (Å²) < 4.78 is 29.4. The number of esters is 2. The number of ether oxygens (including phenoxy) is 5. The number of aromatic hydroxyl groups is 1. The van der Waals surface area contributed by atoms with Crippen LogP contribution < -0.4 is 24.3 Å². The molecule has 246 valence electrons. The van der Waals surface area contributed by atoms with Gasteiger partial charge in [0.25, 0.3) is 0 Å². The molecule has 0 unspecified atom stereocenters. The minimum absolute atomic E-state index is 0.0342. The maximum absolute atomic E-state index is 13.3.